The molecular weight excluding hydrogens is 342 g/mol. The second-order valence-electron chi connectivity index (χ2n) is 6.52. The number of H-pyrrole nitrogens is 1. The molecule has 1 N–H and O–H groups in total. The molecule has 1 amide bonds. The molecule has 132 valence electrons. The van der Waals surface area contributed by atoms with Crippen LogP contribution in [0, 0.1) is 6.92 Å². The molecule has 3 heterocycles. The molecule has 1 fully saturated rings. The predicted molar refractivity (Wildman–Crippen MR) is 106 cm³/mol. The van der Waals surface area contributed by atoms with Crippen LogP contribution in [0.15, 0.2) is 60.8 Å². The highest BCUT2D eigenvalue weighted by Crippen LogP contribution is 2.33. The van der Waals surface area contributed by atoms with Crippen molar-refractivity contribution in [1.29, 1.82) is 0 Å². The van der Waals surface area contributed by atoms with E-state index in [2.05, 4.69) is 35.0 Å². The van der Waals surface area contributed by atoms with Crippen LogP contribution in [-0.4, -0.2) is 37.0 Å². The third kappa shape index (κ3) is 3.35. The summed E-state index contributed by atoms with van der Waals surface area (Å²) in [6.07, 6.45) is 1.94. The first-order chi connectivity index (χ1) is 12.7. The zero-order valence-electron chi connectivity index (χ0n) is 14.8. The van der Waals surface area contributed by atoms with Crippen LogP contribution in [0.2, 0.25) is 0 Å². The fraction of sp³-hybridized carbons (Fsp3) is 0.238. The van der Waals surface area contributed by atoms with Crippen LogP contribution in [0.5, 0.6) is 0 Å². The number of rotatable bonds is 3. The van der Waals surface area contributed by atoms with Crippen LogP contribution in [0.1, 0.15) is 15.2 Å². The lowest BCUT2D eigenvalue weighted by Crippen LogP contribution is -2.49. The molecule has 0 saturated carbocycles. The van der Waals surface area contributed by atoms with Gasteiger partial charge in [-0.2, -0.15) is 0 Å². The van der Waals surface area contributed by atoms with E-state index in [4.69, 9.17) is 0 Å². The third-order valence-electron chi connectivity index (χ3n) is 4.76. The predicted octanol–water partition coefficient (Wildman–Crippen LogP) is 3.50. The van der Waals surface area contributed by atoms with E-state index in [0.717, 1.165) is 36.9 Å². The van der Waals surface area contributed by atoms with Crippen LogP contribution in [-0.2, 0) is 0 Å². The molecule has 0 aliphatic carbocycles. The second-order valence-corrected chi connectivity index (χ2v) is 7.57. The maximum absolute atomic E-state index is 12.9. The first-order valence-electron chi connectivity index (χ1n) is 8.89. The molecule has 0 unspecified atom stereocenters. The van der Waals surface area contributed by atoms with E-state index in [0.29, 0.717) is 0 Å². The lowest BCUT2D eigenvalue weighted by atomic mass is 10.1. The number of thiophene rings is 1. The van der Waals surface area contributed by atoms with Crippen molar-refractivity contribution in [3.63, 3.8) is 0 Å². The second kappa shape index (κ2) is 7.30. The summed E-state index contributed by atoms with van der Waals surface area (Å²) in [6, 6.07) is 18.4. The van der Waals surface area contributed by atoms with Crippen molar-refractivity contribution in [3.05, 3.63) is 71.2 Å². The van der Waals surface area contributed by atoms with Crippen LogP contribution < -0.4 is 9.88 Å². The number of aromatic amines is 1. The Kier molecular flexibility index (Phi) is 4.71. The molecule has 0 atom stereocenters. The number of amides is 1. The number of anilines is 1. The minimum atomic E-state index is 0.150. The summed E-state index contributed by atoms with van der Waals surface area (Å²) in [5.74, 6) is 1.26. The average Bonchev–Trinajstić information content (AvgIpc) is 3.10. The topological polar surface area (TPSA) is 37.7 Å². The maximum Gasteiger partial charge on any atom is 0.274 e. The Morgan fingerprint density at radius 2 is 1.73 bits per heavy atom. The smallest absolute Gasteiger partial charge is 0.274 e. The van der Waals surface area contributed by atoms with Crippen molar-refractivity contribution >= 4 is 23.1 Å². The van der Waals surface area contributed by atoms with E-state index in [9.17, 15) is 4.79 Å². The van der Waals surface area contributed by atoms with Gasteiger partial charge >= 0.3 is 0 Å². The van der Waals surface area contributed by atoms with Gasteiger partial charge in [0.2, 0.25) is 0 Å². The number of pyridine rings is 1. The minimum Gasteiger partial charge on any atom is -0.330 e. The van der Waals surface area contributed by atoms with E-state index in [-0.39, 0.29) is 5.91 Å². The highest BCUT2D eigenvalue weighted by molar-refractivity contribution is 7.17. The van der Waals surface area contributed by atoms with E-state index in [1.807, 2.05) is 47.5 Å². The molecule has 1 saturated heterocycles. The van der Waals surface area contributed by atoms with Gasteiger partial charge < -0.3 is 4.90 Å². The van der Waals surface area contributed by atoms with Crippen molar-refractivity contribution in [3.8, 4) is 10.4 Å². The van der Waals surface area contributed by atoms with Gasteiger partial charge in [-0.1, -0.05) is 36.4 Å². The summed E-state index contributed by atoms with van der Waals surface area (Å²) in [5, 5.41) is 0. The number of aryl methyl sites for hydroxylation is 1. The zero-order chi connectivity index (χ0) is 17.9. The van der Waals surface area contributed by atoms with Crippen molar-refractivity contribution in [1.82, 2.24) is 4.90 Å². The van der Waals surface area contributed by atoms with Crippen LogP contribution >= 0.6 is 11.3 Å². The third-order valence-corrected chi connectivity index (χ3v) is 6.04. The molecule has 0 radical (unpaired) electrons. The molecule has 5 heteroatoms. The number of carbonyl (C=O) groups excluding carboxylic acids is 1. The Hall–Kier alpha value is -2.66. The van der Waals surface area contributed by atoms with Crippen molar-refractivity contribution < 1.29 is 9.78 Å². The number of hydrogen-bond acceptors (Lipinski definition) is 3. The summed E-state index contributed by atoms with van der Waals surface area (Å²) in [4.78, 5) is 22.5. The van der Waals surface area contributed by atoms with E-state index < -0.39 is 0 Å². The van der Waals surface area contributed by atoms with Gasteiger partial charge in [0.1, 0.15) is 13.1 Å². The van der Waals surface area contributed by atoms with Crippen molar-refractivity contribution in [2.75, 3.05) is 31.1 Å². The number of benzene rings is 1. The lowest BCUT2D eigenvalue weighted by molar-refractivity contribution is -0.364. The maximum atomic E-state index is 12.9. The molecule has 1 aromatic carbocycles. The fourth-order valence-electron chi connectivity index (χ4n) is 3.35. The Balaban J connectivity index is 1.46. The Morgan fingerprint density at radius 3 is 2.42 bits per heavy atom. The fourth-order valence-corrected chi connectivity index (χ4v) is 4.50. The minimum absolute atomic E-state index is 0.150. The van der Waals surface area contributed by atoms with Gasteiger partial charge in [0.15, 0.2) is 0 Å². The Labute approximate surface area is 157 Å². The molecule has 0 spiro atoms. The molecular formula is C21H22N3OS+. The number of nitrogens with one attached hydrogen (secondary N) is 1. The summed E-state index contributed by atoms with van der Waals surface area (Å²) in [6.45, 7) is 5.28. The van der Waals surface area contributed by atoms with Crippen molar-refractivity contribution in [2.45, 2.75) is 6.92 Å². The SMILES string of the molecule is Cc1cc(C(=O)N2CCN(c3cccc[nH+]3)CC2)sc1-c1ccccc1. The van der Waals surface area contributed by atoms with Gasteiger partial charge in [-0.15, -0.1) is 11.3 Å². The zero-order valence-corrected chi connectivity index (χ0v) is 15.6. The number of nitrogens with zero attached hydrogens (tertiary/aromatic N) is 2. The van der Waals surface area contributed by atoms with Gasteiger partial charge in [0.25, 0.3) is 11.7 Å². The van der Waals surface area contributed by atoms with Crippen LogP contribution in [0.3, 0.4) is 0 Å². The van der Waals surface area contributed by atoms with Gasteiger partial charge in [-0.3, -0.25) is 9.69 Å². The standard InChI is InChI=1S/C21H21N3OS/c1-16-15-18(26-20(16)17-7-3-2-4-8-17)21(25)24-13-11-23(12-14-24)19-9-5-6-10-22-19/h2-10,15H,11-14H2,1H3/p+1. The van der Waals surface area contributed by atoms with E-state index in [1.165, 1.54) is 16.0 Å². The molecule has 4 rings (SSSR count). The van der Waals surface area contributed by atoms with Crippen LogP contribution in [0.25, 0.3) is 10.4 Å². The number of piperazine rings is 1. The first kappa shape index (κ1) is 16.8. The van der Waals surface area contributed by atoms with Crippen molar-refractivity contribution in [2.24, 2.45) is 0 Å². The molecule has 26 heavy (non-hydrogen) atoms. The lowest BCUT2D eigenvalue weighted by Gasteiger charge is -2.30. The molecule has 1 aliphatic rings. The normalized spacial score (nSPS) is 14.5. The van der Waals surface area contributed by atoms with Gasteiger partial charge in [0.05, 0.1) is 24.2 Å². The molecule has 1 aliphatic heterocycles. The Morgan fingerprint density at radius 1 is 1.00 bits per heavy atom. The van der Waals surface area contributed by atoms with Gasteiger partial charge in [0, 0.05) is 10.9 Å². The number of hydrogen-bond donors (Lipinski definition) is 0. The highest BCUT2D eigenvalue weighted by atomic mass is 32.1. The molecule has 4 nitrogen and oxygen atoms in total. The van der Waals surface area contributed by atoms with E-state index in [1.54, 1.807) is 11.3 Å². The largest absolute Gasteiger partial charge is 0.330 e. The summed E-state index contributed by atoms with van der Waals surface area (Å²) in [7, 11) is 0. The summed E-state index contributed by atoms with van der Waals surface area (Å²) in [5.41, 5.74) is 2.35. The van der Waals surface area contributed by atoms with Gasteiger partial charge in [-0.25, -0.2) is 4.98 Å². The molecule has 0 bridgehead atoms. The van der Waals surface area contributed by atoms with Gasteiger partial charge in [-0.05, 0) is 30.2 Å². The highest BCUT2D eigenvalue weighted by Gasteiger charge is 2.27. The van der Waals surface area contributed by atoms with E-state index >= 15 is 0 Å². The molecule has 2 aromatic heterocycles. The van der Waals surface area contributed by atoms with Crippen LogP contribution in [0.4, 0.5) is 5.82 Å². The summed E-state index contributed by atoms with van der Waals surface area (Å²) < 4.78 is 0. The summed E-state index contributed by atoms with van der Waals surface area (Å²) >= 11 is 1.60. The number of aromatic nitrogens is 1. The first-order valence-corrected chi connectivity index (χ1v) is 9.71. The quantitative estimate of drug-likeness (QED) is 0.713. The Bertz CT molecular complexity index is 884. The molecule has 3 aromatic rings. The average molecular weight is 364 g/mol. The monoisotopic (exact) mass is 364 g/mol. The number of carbonyl (C=O) groups is 1.